The Labute approximate surface area is 167 Å². The Balaban J connectivity index is 1.29. The number of hydrogen-bond donors (Lipinski definition) is 0. The van der Waals surface area contributed by atoms with Gasteiger partial charge >= 0.3 is 0 Å². The van der Waals surface area contributed by atoms with Gasteiger partial charge in [0.15, 0.2) is 0 Å². The Kier molecular flexibility index (Phi) is 4.50. The molecule has 0 unspecified atom stereocenters. The Bertz CT molecular complexity index is 1030. The lowest BCUT2D eigenvalue weighted by molar-refractivity contribution is 0.249. The van der Waals surface area contributed by atoms with Crippen LogP contribution in [0.5, 0.6) is 0 Å². The minimum atomic E-state index is -0.225. The molecule has 0 N–H and O–H groups in total. The van der Waals surface area contributed by atoms with Gasteiger partial charge < -0.3 is 4.90 Å². The summed E-state index contributed by atoms with van der Waals surface area (Å²) in [6.07, 6.45) is 2.11. The molecule has 2 aliphatic rings. The number of thiazole rings is 1. The molecule has 5 rings (SSSR count). The number of rotatable bonds is 4. The Morgan fingerprint density at radius 2 is 1.93 bits per heavy atom. The molecule has 0 atom stereocenters. The molecule has 6 heteroatoms. The van der Waals surface area contributed by atoms with Crippen LogP contribution in [-0.4, -0.2) is 36.1 Å². The van der Waals surface area contributed by atoms with Gasteiger partial charge in [-0.05, 0) is 48.6 Å². The number of anilines is 1. The van der Waals surface area contributed by atoms with Crippen molar-refractivity contribution in [3.8, 4) is 6.07 Å². The van der Waals surface area contributed by atoms with Gasteiger partial charge in [-0.3, -0.25) is 4.90 Å². The molecule has 1 aliphatic heterocycles. The highest BCUT2D eigenvalue weighted by Crippen LogP contribution is 2.43. The van der Waals surface area contributed by atoms with Crippen molar-refractivity contribution in [2.24, 2.45) is 0 Å². The highest BCUT2D eigenvalue weighted by Gasteiger charge is 2.29. The van der Waals surface area contributed by atoms with Gasteiger partial charge in [-0.25, -0.2) is 9.37 Å². The molecular weight excluding hydrogens is 371 g/mol. The number of nitriles is 1. The first kappa shape index (κ1) is 17.6. The van der Waals surface area contributed by atoms with Crippen molar-refractivity contribution in [1.29, 1.82) is 5.26 Å². The summed E-state index contributed by atoms with van der Waals surface area (Å²) in [5, 5.41) is 10.6. The number of aromatic nitrogens is 1. The second-order valence-corrected chi connectivity index (χ2v) is 8.73. The number of hydrogen-bond acceptors (Lipinski definition) is 5. The van der Waals surface area contributed by atoms with Gasteiger partial charge in [0.25, 0.3) is 0 Å². The zero-order valence-corrected chi connectivity index (χ0v) is 16.4. The highest BCUT2D eigenvalue weighted by atomic mass is 32.1. The summed E-state index contributed by atoms with van der Waals surface area (Å²) in [4.78, 5) is 9.38. The van der Waals surface area contributed by atoms with E-state index < -0.39 is 0 Å². The molecule has 1 aliphatic carbocycles. The van der Waals surface area contributed by atoms with Gasteiger partial charge in [0, 0.05) is 26.2 Å². The average molecular weight is 393 g/mol. The lowest BCUT2D eigenvalue weighted by Gasteiger charge is -2.36. The second kappa shape index (κ2) is 7.16. The standard InChI is InChI=1S/C22H21FN4S/c23-18-11-16(13-24)20(12-17(18)15-5-6-15)27-9-7-26(8-10-27)14-22-25-19-3-1-2-4-21(19)28-22/h1-4,11-12,15H,5-10,14H2. The summed E-state index contributed by atoms with van der Waals surface area (Å²) in [6.45, 7) is 4.37. The molecule has 2 aromatic carbocycles. The van der Waals surface area contributed by atoms with Crippen LogP contribution >= 0.6 is 11.3 Å². The lowest BCUT2D eigenvalue weighted by atomic mass is 10.0. The fourth-order valence-corrected chi connectivity index (χ4v) is 4.97. The van der Waals surface area contributed by atoms with Crippen molar-refractivity contribution in [2.75, 3.05) is 31.1 Å². The van der Waals surface area contributed by atoms with Gasteiger partial charge in [0.05, 0.1) is 28.0 Å². The van der Waals surface area contributed by atoms with E-state index in [1.165, 1.54) is 10.8 Å². The first-order valence-electron chi connectivity index (χ1n) is 9.76. The van der Waals surface area contributed by atoms with Gasteiger partial charge in [0.2, 0.25) is 0 Å². The quantitative estimate of drug-likeness (QED) is 0.655. The number of nitrogens with zero attached hydrogens (tertiary/aromatic N) is 4. The average Bonchev–Trinajstić information content (AvgIpc) is 3.47. The maximum Gasteiger partial charge on any atom is 0.128 e. The molecule has 1 aromatic heterocycles. The third kappa shape index (κ3) is 3.36. The summed E-state index contributed by atoms with van der Waals surface area (Å²) in [5.41, 5.74) is 3.19. The SMILES string of the molecule is N#Cc1cc(F)c(C2CC2)cc1N1CCN(Cc2nc3ccccc3s2)CC1. The summed E-state index contributed by atoms with van der Waals surface area (Å²) in [6, 6.07) is 13.8. The molecule has 2 fully saturated rings. The largest absolute Gasteiger partial charge is 0.368 e. The first-order chi connectivity index (χ1) is 13.7. The Hall–Kier alpha value is -2.49. The molecule has 4 nitrogen and oxygen atoms in total. The first-order valence-corrected chi connectivity index (χ1v) is 10.6. The van der Waals surface area contributed by atoms with Gasteiger partial charge in [-0.1, -0.05) is 12.1 Å². The minimum absolute atomic E-state index is 0.225. The monoisotopic (exact) mass is 392 g/mol. The summed E-state index contributed by atoms with van der Waals surface area (Å²) in [5.74, 6) is 0.115. The number of benzene rings is 2. The molecule has 2 heterocycles. The maximum atomic E-state index is 14.3. The molecular formula is C22H21FN4S. The zero-order valence-electron chi connectivity index (χ0n) is 15.6. The third-order valence-electron chi connectivity index (χ3n) is 5.66. The molecule has 3 aromatic rings. The molecule has 0 bridgehead atoms. The number of halogens is 1. The number of fused-ring (bicyclic) bond motifs is 1. The van der Waals surface area contributed by atoms with Crippen LogP contribution in [0.4, 0.5) is 10.1 Å². The fraction of sp³-hybridized carbons (Fsp3) is 0.364. The van der Waals surface area contributed by atoms with E-state index in [4.69, 9.17) is 4.98 Å². The van der Waals surface area contributed by atoms with E-state index in [1.807, 2.05) is 12.1 Å². The highest BCUT2D eigenvalue weighted by molar-refractivity contribution is 7.18. The van der Waals surface area contributed by atoms with Crippen molar-refractivity contribution in [3.63, 3.8) is 0 Å². The molecule has 1 saturated heterocycles. The minimum Gasteiger partial charge on any atom is -0.368 e. The van der Waals surface area contributed by atoms with Crippen LogP contribution in [0.1, 0.15) is 34.9 Å². The maximum absolute atomic E-state index is 14.3. The number of para-hydroxylation sites is 1. The summed E-state index contributed by atoms with van der Waals surface area (Å²) >= 11 is 1.76. The summed E-state index contributed by atoms with van der Waals surface area (Å²) < 4.78 is 15.5. The van der Waals surface area contributed by atoms with Crippen LogP contribution < -0.4 is 4.90 Å². The van der Waals surface area contributed by atoms with Crippen LogP contribution in [-0.2, 0) is 6.54 Å². The number of piperazine rings is 1. The fourth-order valence-electron chi connectivity index (χ4n) is 3.96. The van der Waals surface area contributed by atoms with E-state index in [1.54, 1.807) is 11.3 Å². The van der Waals surface area contributed by atoms with Gasteiger partial charge in [0.1, 0.15) is 16.9 Å². The topological polar surface area (TPSA) is 43.2 Å². The predicted molar refractivity (Wildman–Crippen MR) is 110 cm³/mol. The van der Waals surface area contributed by atoms with E-state index in [9.17, 15) is 9.65 Å². The molecule has 28 heavy (non-hydrogen) atoms. The normalized spacial score (nSPS) is 17.8. The molecule has 1 saturated carbocycles. The van der Waals surface area contributed by atoms with Gasteiger partial charge in [-0.2, -0.15) is 5.26 Å². The second-order valence-electron chi connectivity index (χ2n) is 7.62. The molecule has 0 radical (unpaired) electrons. The Morgan fingerprint density at radius 1 is 1.14 bits per heavy atom. The van der Waals surface area contributed by atoms with Crippen LogP contribution in [0.15, 0.2) is 36.4 Å². The Morgan fingerprint density at radius 3 is 2.64 bits per heavy atom. The van der Waals surface area contributed by atoms with Crippen molar-refractivity contribution in [2.45, 2.75) is 25.3 Å². The molecule has 142 valence electrons. The van der Waals surface area contributed by atoms with Crippen molar-refractivity contribution in [3.05, 3.63) is 58.3 Å². The molecule has 0 amide bonds. The van der Waals surface area contributed by atoms with Crippen molar-refractivity contribution in [1.82, 2.24) is 9.88 Å². The van der Waals surface area contributed by atoms with Crippen molar-refractivity contribution < 1.29 is 4.39 Å². The van der Waals surface area contributed by atoms with Crippen molar-refractivity contribution >= 4 is 27.2 Å². The van der Waals surface area contributed by atoms with E-state index in [0.29, 0.717) is 11.5 Å². The summed E-state index contributed by atoms with van der Waals surface area (Å²) in [7, 11) is 0. The van der Waals surface area contributed by atoms with Crippen LogP contribution in [0.2, 0.25) is 0 Å². The van der Waals surface area contributed by atoms with E-state index in [2.05, 4.69) is 34.1 Å². The van der Waals surface area contributed by atoms with Crippen LogP contribution in [0, 0.1) is 17.1 Å². The van der Waals surface area contributed by atoms with Gasteiger partial charge in [-0.15, -0.1) is 11.3 Å². The van der Waals surface area contributed by atoms with E-state index in [-0.39, 0.29) is 5.82 Å². The lowest BCUT2D eigenvalue weighted by Crippen LogP contribution is -2.46. The third-order valence-corrected chi connectivity index (χ3v) is 6.68. The van der Waals surface area contributed by atoms with E-state index in [0.717, 1.165) is 67.3 Å². The van der Waals surface area contributed by atoms with Crippen LogP contribution in [0.3, 0.4) is 0 Å². The predicted octanol–water partition coefficient (Wildman–Crippen LogP) is 4.51. The zero-order chi connectivity index (χ0) is 19.1. The van der Waals surface area contributed by atoms with E-state index >= 15 is 0 Å². The van der Waals surface area contributed by atoms with Crippen LogP contribution in [0.25, 0.3) is 10.2 Å². The molecule has 0 spiro atoms. The smallest absolute Gasteiger partial charge is 0.128 e.